The Morgan fingerprint density at radius 2 is 2.00 bits per heavy atom. The monoisotopic (exact) mass is 312 g/mol. The van der Waals surface area contributed by atoms with Crippen LogP contribution in [0.15, 0.2) is 24.3 Å². The molecule has 6 heteroatoms. The van der Waals surface area contributed by atoms with Crippen LogP contribution in [0.25, 0.3) is 0 Å². The molecule has 0 bridgehead atoms. The molecule has 0 aliphatic rings. The Labute approximate surface area is 129 Å². The van der Waals surface area contributed by atoms with E-state index in [1.807, 2.05) is 18.2 Å². The summed E-state index contributed by atoms with van der Waals surface area (Å²) < 4.78 is 6.09. The molecule has 0 saturated heterocycles. The summed E-state index contributed by atoms with van der Waals surface area (Å²) in [5.41, 5.74) is 0.954. The maximum Gasteiger partial charge on any atom is 0.412 e. The van der Waals surface area contributed by atoms with Crippen LogP contribution in [0.4, 0.5) is 4.79 Å². The van der Waals surface area contributed by atoms with Crippen LogP contribution < -0.4 is 10.1 Å². The van der Waals surface area contributed by atoms with Crippen molar-refractivity contribution in [1.82, 2.24) is 10.2 Å². The van der Waals surface area contributed by atoms with E-state index in [1.54, 1.807) is 17.8 Å². The van der Waals surface area contributed by atoms with Gasteiger partial charge in [-0.15, -0.1) is 0 Å². The van der Waals surface area contributed by atoms with Gasteiger partial charge in [-0.2, -0.15) is 0 Å². The molecule has 1 aromatic carbocycles. The summed E-state index contributed by atoms with van der Waals surface area (Å²) in [6.45, 7) is 5.97. The van der Waals surface area contributed by atoms with Crippen molar-refractivity contribution in [3.63, 3.8) is 0 Å². The highest BCUT2D eigenvalue weighted by Gasteiger charge is 2.10. The van der Waals surface area contributed by atoms with Gasteiger partial charge in [0, 0.05) is 31.5 Å². The first-order valence-corrected chi connectivity index (χ1v) is 7.90. The van der Waals surface area contributed by atoms with E-state index in [4.69, 9.17) is 17.0 Å². The maximum absolute atomic E-state index is 11.3. The number of rotatable bonds is 5. The molecule has 0 heterocycles. The van der Waals surface area contributed by atoms with Crippen LogP contribution in [0.2, 0.25) is 0 Å². The number of nitrogens with zero attached hydrogens (tertiary/aromatic N) is 1. The van der Waals surface area contributed by atoms with Crippen LogP contribution in [0, 0.1) is 0 Å². The molecule has 0 fully saturated rings. The fourth-order valence-electron chi connectivity index (χ4n) is 1.59. The van der Waals surface area contributed by atoms with E-state index in [9.17, 15) is 4.79 Å². The summed E-state index contributed by atoms with van der Waals surface area (Å²) in [6.07, 6.45) is -0.464. The highest BCUT2D eigenvalue weighted by atomic mass is 32.2. The average molecular weight is 312 g/mol. The lowest BCUT2D eigenvalue weighted by molar-refractivity contribution is 0.202. The topological polar surface area (TPSA) is 41.6 Å². The van der Waals surface area contributed by atoms with E-state index in [-0.39, 0.29) is 0 Å². The Bertz CT molecular complexity index is 462. The fourth-order valence-corrected chi connectivity index (χ4v) is 2.98. The summed E-state index contributed by atoms with van der Waals surface area (Å²) >= 11 is 6.98. The largest absolute Gasteiger partial charge is 0.412 e. The minimum Gasteiger partial charge on any atom is -0.410 e. The van der Waals surface area contributed by atoms with Crippen LogP contribution in [-0.4, -0.2) is 35.5 Å². The number of thiocarbonyl (C=S) groups is 1. The molecule has 0 radical (unpaired) electrons. The average Bonchev–Trinajstić information content (AvgIpc) is 2.47. The SMILES string of the molecule is CCN(CC)C(=S)SCc1ccccc1OC(=O)NC. The number of amides is 1. The first-order chi connectivity index (χ1) is 9.62. The van der Waals surface area contributed by atoms with Gasteiger partial charge in [0.25, 0.3) is 0 Å². The van der Waals surface area contributed by atoms with Crippen molar-refractivity contribution in [3.05, 3.63) is 29.8 Å². The summed E-state index contributed by atoms with van der Waals surface area (Å²) in [4.78, 5) is 13.4. The van der Waals surface area contributed by atoms with E-state index in [1.165, 1.54) is 7.05 Å². The second-order valence-corrected chi connectivity index (χ2v) is 5.58. The summed E-state index contributed by atoms with van der Waals surface area (Å²) in [7, 11) is 1.54. The molecule has 20 heavy (non-hydrogen) atoms. The number of hydrogen-bond donors (Lipinski definition) is 1. The highest BCUT2D eigenvalue weighted by Crippen LogP contribution is 2.24. The first kappa shape index (κ1) is 16.8. The molecule has 1 rings (SSSR count). The van der Waals surface area contributed by atoms with Gasteiger partial charge in [0.2, 0.25) is 0 Å². The second-order valence-electron chi connectivity index (χ2n) is 3.97. The maximum atomic E-state index is 11.3. The van der Waals surface area contributed by atoms with Gasteiger partial charge in [0.15, 0.2) is 0 Å². The smallest absolute Gasteiger partial charge is 0.410 e. The Balaban J connectivity index is 2.68. The van der Waals surface area contributed by atoms with Crippen molar-refractivity contribution in [2.75, 3.05) is 20.1 Å². The molecule has 110 valence electrons. The van der Waals surface area contributed by atoms with Crippen molar-refractivity contribution < 1.29 is 9.53 Å². The minimum absolute atomic E-state index is 0.464. The van der Waals surface area contributed by atoms with Crippen LogP contribution in [0.5, 0.6) is 5.75 Å². The van der Waals surface area contributed by atoms with Crippen molar-refractivity contribution in [1.29, 1.82) is 0 Å². The molecular weight excluding hydrogens is 292 g/mol. The van der Waals surface area contributed by atoms with Gasteiger partial charge in [-0.3, -0.25) is 0 Å². The molecule has 0 unspecified atom stereocenters. The highest BCUT2D eigenvalue weighted by molar-refractivity contribution is 8.22. The normalized spacial score (nSPS) is 9.95. The predicted octanol–water partition coefficient (Wildman–Crippen LogP) is 3.26. The van der Waals surface area contributed by atoms with Gasteiger partial charge in [0.05, 0.1) is 0 Å². The summed E-state index contributed by atoms with van der Waals surface area (Å²) in [5, 5.41) is 2.44. The standard InChI is InChI=1S/C14H20N2O2S2/c1-4-16(5-2)14(19)20-10-11-8-6-7-9-12(11)18-13(17)15-3/h6-9H,4-5,10H2,1-3H3,(H,15,17). The van der Waals surface area contributed by atoms with E-state index in [0.717, 1.165) is 23.0 Å². The molecule has 4 nitrogen and oxygen atoms in total. The van der Waals surface area contributed by atoms with Gasteiger partial charge in [0.1, 0.15) is 10.1 Å². The van der Waals surface area contributed by atoms with Gasteiger partial charge in [-0.1, -0.05) is 42.2 Å². The van der Waals surface area contributed by atoms with Gasteiger partial charge < -0.3 is 15.0 Å². The summed E-state index contributed by atoms with van der Waals surface area (Å²) in [5.74, 6) is 1.25. The lowest BCUT2D eigenvalue weighted by Crippen LogP contribution is -2.26. The number of hydrogen-bond acceptors (Lipinski definition) is 4. The molecular formula is C14H20N2O2S2. The molecule has 0 aliphatic carbocycles. The molecule has 1 N–H and O–H groups in total. The third-order valence-electron chi connectivity index (χ3n) is 2.75. The number of nitrogens with one attached hydrogen (secondary N) is 1. The van der Waals surface area contributed by atoms with Gasteiger partial charge in [-0.05, 0) is 19.9 Å². The number of carbonyl (C=O) groups excluding carboxylic acids is 1. The second kappa shape index (κ2) is 8.81. The predicted molar refractivity (Wildman–Crippen MR) is 88.3 cm³/mol. The van der Waals surface area contributed by atoms with Crippen LogP contribution in [0.1, 0.15) is 19.4 Å². The minimum atomic E-state index is -0.464. The van der Waals surface area contributed by atoms with Crippen molar-refractivity contribution >= 4 is 34.4 Å². The number of para-hydroxylation sites is 1. The molecule has 0 atom stereocenters. The van der Waals surface area contributed by atoms with Gasteiger partial charge in [-0.25, -0.2) is 4.79 Å². The lowest BCUT2D eigenvalue weighted by Gasteiger charge is -2.21. The van der Waals surface area contributed by atoms with Crippen molar-refractivity contribution in [3.8, 4) is 5.75 Å². The fraction of sp³-hybridized carbons (Fsp3) is 0.429. The molecule has 0 aliphatic heterocycles. The molecule has 1 amide bonds. The Morgan fingerprint density at radius 3 is 2.60 bits per heavy atom. The number of ether oxygens (including phenoxy) is 1. The van der Waals surface area contributed by atoms with Crippen LogP contribution in [-0.2, 0) is 5.75 Å². The zero-order valence-corrected chi connectivity index (χ0v) is 13.6. The number of benzene rings is 1. The van der Waals surface area contributed by atoms with E-state index in [0.29, 0.717) is 11.5 Å². The summed E-state index contributed by atoms with van der Waals surface area (Å²) in [6, 6.07) is 7.49. The van der Waals surface area contributed by atoms with E-state index < -0.39 is 6.09 Å². The quantitative estimate of drug-likeness (QED) is 0.845. The number of carbonyl (C=O) groups is 1. The third kappa shape index (κ3) is 5.02. The molecule has 0 saturated carbocycles. The Kier molecular flexibility index (Phi) is 7.40. The third-order valence-corrected chi connectivity index (χ3v) is 4.32. The lowest BCUT2D eigenvalue weighted by atomic mass is 10.2. The van der Waals surface area contributed by atoms with E-state index in [2.05, 4.69) is 24.1 Å². The molecule has 0 spiro atoms. The van der Waals surface area contributed by atoms with Crippen molar-refractivity contribution in [2.45, 2.75) is 19.6 Å². The molecule has 1 aromatic rings. The zero-order chi connectivity index (χ0) is 15.0. The van der Waals surface area contributed by atoms with Crippen molar-refractivity contribution in [2.24, 2.45) is 0 Å². The van der Waals surface area contributed by atoms with Gasteiger partial charge >= 0.3 is 6.09 Å². The van der Waals surface area contributed by atoms with Crippen LogP contribution in [0.3, 0.4) is 0 Å². The Morgan fingerprint density at radius 1 is 1.35 bits per heavy atom. The number of thioether (sulfide) groups is 1. The van der Waals surface area contributed by atoms with Crippen LogP contribution >= 0.6 is 24.0 Å². The molecule has 0 aromatic heterocycles. The zero-order valence-electron chi connectivity index (χ0n) is 12.0. The Hall–Kier alpha value is -1.27. The first-order valence-electron chi connectivity index (χ1n) is 6.51. The van der Waals surface area contributed by atoms with E-state index >= 15 is 0 Å².